The summed E-state index contributed by atoms with van der Waals surface area (Å²) in [5.74, 6) is -2.41. The third-order valence-electron chi connectivity index (χ3n) is 3.50. The van der Waals surface area contributed by atoms with Crippen LogP contribution in [0.4, 0.5) is 14.5 Å². The van der Waals surface area contributed by atoms with Gasteiger partial charge in [-0.05, 0) is 18.6 Å². The maximum atomic E-state index is 13.1. The largest absolute Gasteiger partial charge is 0.342 e. The number of halogens is 2. The van der Waals surface area contributed by atoms with Crippen molar-refractivity contribution in [3.05, 3.63) is 29.8 Å². The molecule has 0 saturated carbocycles. The predicted molar refractivity (Wildman–Crippen MR) is 74.6 cm³/mol. The van der Waals surface area contributed by atoms with Crippen molar-refractivity contribution in [1.82, 2.24) is 4.90 Å². The van der Waals surface area contributed by atoms with E-state index in [9.17, 15) is 18.4 Å². The van der Waals surface area contributed by atoms with Gasteiger partial charge in [-0.2, -0.15) is 0 Å². The predicted octanol–water partition coefficient (Wildman–Crippen LogP) is 2.55. The fourth-order valence-corrected chi connectivity index (χ4v) is 2.38. The van der Waals surface area contributed by atoms with Crippen LogP contribution < -0.4 is 5.32 Å². The molecule has 1 atom stereocenters. The molecule has 1 aromatic rings. The Morgan fingerprint density at radius 1 is 1.33 bits per heavy atom. The lowest BCUT2D eigenvalue weighted by Crippen LogP contribution is -2.29. The summed E-state index contributed by atoms with van der Waals surface area (Å²) in [7, 11) is 0. The van der Waals surface area contributed by atoms with Gasteiger partial charge in [-0.25, -0.2) is 8.78 Å². The first-order valence-corrected chi connectivity index (χ1v) is 7.04. The number of nitrogens with one attached hydrogen (secondary N) is 1. The number of nitrogens with zero attached hydrogens (tertiary/aromatic N) is 1. The van der Waals surface area contributed by atoms with E-state index in [2.05, 4.69) is 5.32 Å². The van der Waals surface area contributed by atoms with Gasteiger partial charge in [0.15, 0.2) is 0 Å². The fourth-order valence-electron chi connectivity index (χ4n) is 2.38. The summed E-state index contributed by atoms with van der Waals surface area (Å²) in [5.41, 5.74) is 0.0666. The Kier molecular flexibility index (Phi) is 4.88. The van der Waals surface area contributed by atoms with Crippen LogP contribution in [0.5, 0.6) is 0 Å². The zero-order valence-corrected chi connectivity index (χ0v) is 11.9. The van der Waals surface area contributed by atoms with Gasteiger partial charge in [-0.1, -0.05) is 13.3 Å². The molecule has 0 spiro atoms. The second-order valence-corrected chi connectivity index (χ2v) is 5.24. The van der Waals surface area contributed by atoms with Crippen molar-refractivity contribution in [2.45, 2.75) is 26.2 Å². The molecule has 6 heteroatoms. The van der Waals surface area contributed by atoms with E-state index in [1.165, 1.54) is 0 Å². The van der Waals surface area contributed by atoms with E-state index < -0.39 is 17.6 Å². The van der Waals surface area contributed by atoms with Crippen molar-refractivity contribution in [3.63, 3.8) is 0 Å². The van der Waals surface area contributed by atoms with E-state index in [0.29, 0.717) is 13.1 Å². The van der Waals surface area contributed by atoms with Crippen LogP contribution in [0.15, 0.2) is 18.2 Å². The van der Waals surface area contributed by atoms with E-state index in [4.69, 9.17) is 0 Å². The van der Waals surface area contributed by atoms with Gasteiger partial charge in [0.25, 0.3) is 0 Å². The molecule has 21 heavy (non-hydrogen) atoms. The number of amides is 2. The number of unbranched alkanes of at least 4 members (excludes halogenated alkanes) is 1. The van der Waals surface area contributed by atoms with Crippen LogP contribution in [-0.2, 0) is 9.59 Å². The van der Waals surface area contributed by atoms with Gasteiger partial charge in [0, 0.05) is 31.3 Å². The molecule has 1 fully saturated rings. The van der Waals surface area contributed by atoms with E-state index in [0.717, 1.165) is 31.0 Å². The first-order chi connectivity index (χ1) is 9.99. The molecule has 0 radical (unpaired) electrons. The van der Waals surface area contributed by atoms with Gasteiger partial charge >= 0.3 is 0 Å². The van der Waals surface area contributed by atoms with E-state index in [-0.39, 0.29) is 23.9 Å². The second-order valence-electron chi connectivity index (χ2n) is 5.24. The molecular formula is C15H18F2N2O2. The topological polar surface area (TPSA) is 49.4 Å². The summed E-state index contributed by atoms with van der Waals surface area (Å²) >= 11 is 0. The lowest BCUT2D eigenvalue weighted by atomic mass is 10.1. The number of rotatable bonds is 5. The third-order valence-corrected chi connectivity index (χ3v) is 3.50. The highest BCUT2D eigenvalue weighted by Gasteiger charge is 2.33. The Morgan fingerprint density at radius 2 is 2.00 bits per heavy atom. The SMILES string of the molecule is CCCCN1CC(C(=O)Nc2cc(F)cc(F)c2)CC1=O. The van der Waals surface area contributed by atoms with Crippen molar-refractivity contribution in [2.24, 2.45) is 5.92 Å². The summed E-state index contributed by atoms with van der Waals surface area (Å²) < 4.78 is 26.1. The normalized spacial score (nSPS) is 18.1. The minimum Gasteiger partial charge on any atom is -0.342 e. The summed E-state index contributed by atoms with van der Waals surface area (Å²) in [6.07, 6.45) is 2.02. The molecule has 114 valence electrons. The molecule has 0 aliphatic carbocycles. The Morgan fingerprint density at radius 3 is 2.62 bits per heavy atom. The molecule has 1 heterocycles. The van der Waals surface area contributed by atoms with Gasteiger partial charge in [-0.15, -0.1) is 0 Å². The number of hydrogen-bond donors (Lipinski definition) is 1. The molecule has 0 bridgehead atoms. The highest BCUT2D eigenvalue weighted by molar-refractivity contribution is 5.97. The van der Waals surface area contributed by atoms with Crippen LogP contribution >= 0.6 is 0 Å². The zero-order valence-electron chi connectivity index (χ0n) is 11.9. The molecule has 1 saturated heterocycles. The van der Waals surface area contributed by atoms with Crippen LogP contribution in [0.1, 0.15) is 26.2 Å². The number of hydrogen-bond acceptors (Lipinski definition) is 2. The number of benzene rings is 1. The van der Waals surface area contributed by atoms with E-state index in [1.807, 2.05) is 6.92 Å². The molecule has 2 amide bonds. The van der Waals surface area contributed by atoms with Crippen molar-refractivity contribution >= 4 is 17.5 Å². The third kappa shape index (κ3) is 4.00. The minimum atomic E-state index is -0.752. The van der Waals surface area contributed by atoms with Crippen LogP contribution in [0.25, 0.3) is 0 Å². The molecule has 0 aromatic heterocycles. The van der Waals surface area contributed by atoms with Crippen molar-refractivity contribution < 1.29 is 18.4 Å². The summed E-state index contributed by atoms with van der Waals surface area (Å²) in [5, 5.41) is 2.46. The lowest BCUT2D eigenvalue weighted by molar-refractivity contribution is -0.128. The Balaban J connectivity index is 1.96. The first kappa shape index (κ1) is 15.4. The molecule has 4 nitrogen and oxygen atoms in total. The average Bonchev–Trinajstić information content (AvgIpc) is 2.76. The Bertz CT molecular complexity index is 528. The molecule has 1 aliphatic rings. The van der Waals surface area contributed by atoms with Gasteiger partial charge in [-0.3, -0.25) is 9.59 Å². The van der Waals surface area contributed by atoms with Gasteiger partial charge in [0.05, 0.1) is 5.92 Å². The standard InChI is InChI=1S/C15H18F2N2O2/c1-2-3-4-19-9-10(5-14(19)20)15(21)18-13-7-11(16)6-12(17)8-13/h6-8,10H,2-5,9H2,1H3,(H,18,21). The Labute approximate surface area is 122 Å². The number of carbonyl (C=O) groups excluding carboxylic acids is 2. The molecule has 2 rings (SSSR count). The summed E-state index contributed by atoms with van der Waals surface area (Å²) in [6.45, 7) is 3.04. The van der Waals surface area contributed by atoms with Crippen molar-refractivity contribution in [2.75, 3.05) is 18.4 Å². The maximum absolute atomic E-state index is 13.1. The number of anilines is 1. The van der Waals surface area contributed by atoms with Crippen LogP contribution in [0, 0.1) is 17.6 Å². The van der Waals surface area contributed by atoms with Gasteiger partial charge < -0.3 is 10.2 Å². The Hall–Kier alpha value is -1.98. The van der Waals surface area contributed by atoms with Gasteiger partial charge in [0.2, 0.25) is 11.8 Å². The van der Waals surface area contributed by atoms with Crippen molar-refractivity contribution in [1.29, 1.82) is 0 Å². The lowest BCUT2D eigenvalue weighted by Gasteiger charge is -2.16. The number of carbonyl (C=O) groups is 2. The molecule has 1 aliphatic heterocycles. The smallest absolute Gasteiger partial charge is 0.229 e. The quantitative estimate of drug-likeness (QED) is 0.908. The molecule has 1 N–H and O–H groups in total. The molecule has 1 aromatic carbocycles. The summed E-state index contributed by atoms with van der Waals surface area (Å²) in [4.78, 5) is 25.5. The number of likely N-dealkylation sites (tertiary alicyclic amines) is 1. The minimum absolute atomic E-state index is 0.0472. The highest BCUT2D eigenvalue weighted by atomic mass is 19.1. The van der Waals surface area contributed by atoms with Crippen molar-refractivity contribution in [3.8, 4) is 0 Å². The molecular weight excluding hydrogens is 278 g/mol. The monoisotopic (exact) mass is 296 g/mol. The maximum Gasteiger partial charge on any atom is 0.229 e. The fraction of sp³-hybridized carbons (Fsp3) is 0.467. The second kappa shape index (κ2) is 6.65. The van der Waals surface area contributed by atoms with Crippen LogP contribution in [0.2, 0.25) is 0 Å². The average molecular weight is 296 g/mol. The van der Waals surface area contributed by atoms with Gasteiger partial charge in [0.1, 0.15) is 11.6 Å². The first-order valence-electron chi connectivity index (χ1n) is 7.04. The highest BCUT2D eigenvalue weighted by Crippen LogP contribution is 2.21. The zero-order chi connectivity index (χ0) is 15.4. The summed E-state index contributed by atoms with van der Waals surface area (Å²) in [6, 6.07) is 2.83. The molecule has 1 unspecified atom stereocenters. The van der Waals surface area contributed by atoms with E-state index in [1.54, 1.807) is 4.90 Å². The van der Waals surface area contributed by atoms with E-state index >= 15 is 0 Å². The van der Waals surface area contributed by atoms with Crippen LogP contribution in [-0.4, -0.2) is 29.8 Å². The van der Waals surface area contributed by atoms with Crippen LogP contribution in [0.3, 0.4) is 0 Å².